The van der Waals surface area contributed by atoms with Crippen LogP contribution in [0.15, 0.2) is 24.4 Å². The summed E-state index contributed by atoms with van der Waals surface area (Å²) in [5, 5.41) is 2.52. The molecule has 10 heteroatoms. The van der Waals surface area contributed by atoms with Gasteiger partial charge in [-0.3, -0.25) is 4.79 Å². The first kappa shape index (κ1) is 21.1. The first-order valence-corrected chi connectivity index (χ1v) is 8.64. The fourth-order valence-corrected chi connectivity index (χ4v) is 2.54. The molecule has 1 amide bonds. The number of carbonyl (C=O) groups excluding carboxylic acids is 2. The van der Waals surface area contributed by atoms with E-state index in [0.717, 1.165) is 0 Å². The Morgan fingerprint density at radius 2 is 1.63 bits per heavy atom. The van der Waals surface area contributed by atoms with Crippen LogP contribution >= 0.6 is 34.8 Å². The molecule has 2 aromatic rings. The van der Waals surface area contributed by atoms with Crippen LogP contribution < -0.4 is 14.8 Å². The quantitative estimate of drug-likeness (QED) is 0.686. The van der Waals surface area contributed by atoms with E-state index in [0.29, 0.717) is 17.2 Å². The van der Waals surface area contributed by atoms with E-state index in [1.165, 1.54) is 27.3 Å². The van der Waals surface area contributed by atoms with Crippen LogP contribution in [-0.2, 0) is 9.53 Å². The van der Waals surface area contributed by atoms with Crippen LogP contribution in [0.2, 0.25) is 15.1 Å². The number of esters is 1. The Bertz CT molecular complexity index is 854. The van der Waals surface area contributed by atoms with E-state index in [1.807, 2.05) is 0 Å². The van der Waals surface area contributed by atoms with Crippen LogP contribution in [0.4, 0.5) is 5.69 Å². The van der Waals surface area contributed by atoms with E-state index < -0.39 is 18.0 Å². The molecule has 0 aliphatic heterocycles. The van der Waals surface area contributed by atoms with Crippen LogP contribution in [0.25, 0.3) is 0 Å². The monoisotopic (exact) mass is 432 g/mol. The Morgan fingerprint density at radius 1 is 1.04 bits per heavy atom. The van der Waals surface area contributed by atoms with Gasteiger partial charge in [0.1, 0.15) is 11.5 Å². The Kier molecular flexibility index (Phi) is 7.12. The minimum Gasteiger partial charge on any atom is -0.497 e. The topological polar surface area (TPSA) is 86.8 Å². The van der Waals surface area contributed by atoms with Gasteiger partial charge in [0, 0.05) is 30.1 Å². The number of hydrogen-bond donors (Lipinski definition) is 1. The van der Waals surface area contributed by atoms with Gasteiger partial charge in [-0.15, -0.1) is 0 Å². The molecule has 0 aliphatic carbocycles. The van der Waals surface area contributed by atoms with E-state index >= 15 is 0 Å². The standard InChI is InChI=1S/C17H15Cl3N2O5/c1-8(27-17(24)15-14(20)13(19)12(18)7-21-15)16(23)22-9-4-10(25-2)6-11(5-9)26-3/h4-8H,1-3H3,(H,22,23). The second-order valence-electron chi connectivity index (χ2n) is 5.22. The SMILES string of the molecule is COc1cc(NC(=O)C(C)OC(=O)c2ncc(Cl)c(Cl)c2Cl)cc(OC)c1. The predicted octanol–water partition coefficient (Wildman–Crippen LogP) is 4.24. The van der Waals surface area contributed by atoms with Gasteiger partial charge >= 0.3 is 5.97 Å². The lowest BCUT2D eigenvalue weighted by Crippen LogP contribution is -2.30. The summed E-state index contributed by atoms with van der Waals surface area (Å²) in [6, 6.07) is 4.83. The zero-order valence-electron chi connectivity index (χ0n) is 14.5. The number of nitrogens with zero attached hydrogens (tertiary/aromatic N) is 1. The Morgan fingerprint density at radius 3 is 2.19 bits per heavy atom. The highest BCUT2D eigenvalue weighted by molar-refractivity contribution is 6.48. The third-order valence-electron chi connectivity index (χ3n) is 3.38. The molecule has 2 rings (SSSR count). The van der Waals surface area contributed by atoms with Gasteiger partial charge in [-0.25, -0.2) is 9.78 Å². The Hall–Kier alpha value is -2.22. The van der Waals surface area contributed by atoms with Crippen molar-refractivity contribution in [3.05, 3.63) is 45.2 Å². The van der Waals surface area contributed by atoms with E-state index in [2.05, 4.69) is 10.3 Å². The number of anilines is 1. The molecule has 1 heterocycles. The van der Waals surface area contributed by atoms with E-state index in [1.54, 1.807) is 18.2 Å². The molecule has 0 fully saturated rings. The van der Waals surface area contributed by atoms with Crippen LogP contribution in [0.5, 0.6) is 11.5 Å². The summed E-state index contributed by atoms with van der Waals surface area (Å²) < 4.78 is 15.4. The molecule has 0 radical (unpaired) electrons. The molecular formula is C17H15Cl3N2O5. The molecule has 1 unspecified atom stereocenters. The Labute approximate surface area is 170 Å². The molecule has 7 nitrogen and oxygen atoms in total. The zero-order valence-corrected chi connectivity index (χ0v) is 16.8. The summed E-state index contributed by atoms with van der Waals surface area (Å²) in [7, 11) is 2.97. The normalized spacial score (nSPS) is 11.5. The molecule has 1 aromatic carbocycles. The van der Waals surface area contributed by atoms with E-state index in [-0.39, 0.29) is 20.8 Å². The summed E-state index contributed by atoms with van der Waals surface area (Å²) in [4.78, 5) is 28.3. The number of nitrogens with one attached hydrogen (secondary N) is 1. The average Bonchev–Trinajstić information content (AvgIpc) is 2.65. The summed E-state index contributed by atoms with van der Waals surface area (Å²) in [5.74, 6) is -0.513. The van der Waals surface area contributed by atoms with Gasteiger partial charge in [-0.1, -0.05) is 34.8 Å². The molecule has 0 spiro atoms. The number of aromatic nitrogens is 1. The van der Waals surface area contributed by atoms with Gasteiger partial charge < -0.3 is 19.5 Å². The van der Waals surface area contributed by atoms with Crippen molar-refractivity contribution < 1.29 is 23.8 Å². The van der Waals surface area contributed by atoms with Gasteiger partial charge in [0.15, 0.2) is 11.8 Å². The fraction of sp³-hybridized carbons (Fsp3) is 0.235. The molecular weight excluding hydrogens is 419 g/mol. The van der Waals surface area contributed by atoms with E-state index in [9.17, 15) is 9.59 Å². The van der Waals surface area contributed by atoms with Gasteiger partial charge in [-0.2, -0.15) is 0 Å². The van der Waals surface area contributed by atoms with Gasteiger partial charge in [0.2, 0.25) is 0 Å². The molecule has 0 saturated carbocycles. The van der Waals surface area contributed by atoms with Crippen molar-refractivity contribution >= 4 is 52.4 Å². The number of amides is 1. The van der Waals surface area contributed by atoms with Crippen molar-refractivity contribution in [2.45, 2.75) is 13.0 Å². The number of methoxy groups -OCH3 is 2. The lowest BCUT2D eigenvalue weighted by atomic mass is 10.2. The predicted molar refractivity (Wildman–Crippen MR) is 102 cm³/mol. The largest absolute Gasteiger partial charge is 0.497 e. The number of ether oxygens (including phenoxy) is 3. The van der Waals surface area contributed by atoms with Crippen LogP contribution in [0.1, 0.15) is 17.4 Å². The highest BCUT2D eigenvalue weighted by Gasteiger charge is 2.24. The summed E-state index contributed by atoms with van der Waals surface area (Å²) in [6.45, 7) is 1.40. The van der Waals surface area contributed by atoms with Gasteiger partial charge in [0.05, 0.1) is 29.3 Å². The van der Waals surface area contributed by atoms with Crippen molar-refractivity contribution in [3.8, 4) is 11.5 Å². The first-order valence-electron chi connectivity index (χ1n) is 7.51. The summed E-state index contributed by atoms with van der Waals surface area (Å²) >= 11 is 17.6. The maximum absolute atomic E-state index is 12.3. The molecule has 27 heavy (non-hydrogen) atoms. The Balaban J connectivity index is 2.10. The maximum atomic E-state index is 12.3. The van der Waals surface area contributed by atoms with Crippen molar-refractivity contribution in [3.63, 3.8) is 0 Å². The second-order valence-corrected chi connectivity index (χ2v) is 6.38. The highest BCUT2D eigenvalue weighted by Crippen LogP contribution is 2.31. The minimum atomic E-state index is -1.14. The fourth-order valence-electron chi connectivity index (χ4n) is 1.98. The van der Waals surface area contributed by atoms with Crippen molar-refractivity contribution in [1.29, 1.82) is 0 Å². The molecule has 0 aliphatic rings. The number of hydrogen-bond acceptors (Lipinski definition) is 6. The minimum absolute atomic E-state index is 0.0270. The van der Waals surface area contributed by atoms with Crippen LogP contribution in [-0.4, -0.2) is 37.2 Å². The molecule has 1 atom stereocenters. The maximum Gasteiger partial charge on any atom is 0.359 e. The van der Waals surface area contributed by atoms with Crippen LogP contribution in [0, 0.1) is 0 Å². The summed E-state index contributed by atoms with van der Waals surface area (Å²) in [5.41, 5.74) is 0.165. The zero-order chi connectivity index (χ0) is 20.1. The first-order chi connectivity index (χ1) is 12.8. The number of halogens is 3. The second kappa shape index (κ2) is 9.12. The van der Waals surface area contributed by atoms with E-state index in [4.69, 9.17) is 49.0 Å². The molecule has 1 N–H and O–H groups in total. The summed E-state index contributed by atoms with van der Waals surface area (Å²) in [6.07, 6.45) is 0.0293. The highest BCUT2D eigenvalue weighted by atomic mass is 35.5. The van der Waals surface area contributed by atoms with Crippen LogP contribution in [0.3, 0.4) is 0 Å². The molecule has 0 bridgehead atoms. The third kappa shape index (κ3) is 5.15. The number of rotatable bonds is 6. The molecule has 1 aromatic heterocycles. The van der Waals surface area contributed by atoms with Crippen molar-refractivity contribution in [1.82, 2.24) is 4.98 Å². The van der Waals surface area contributed by atoms with Gasteiger partial charge in [-0.05, 0) is 6.92 Å². The number of benzene rings is 1. The molecule has 0 saturated heterocycles. The third-order valence-corrected chi connectivity index (χ3v) is 4.62. The molecule has 144 valence electrons. The number of carbonyl (C=O) groups is 2. The van der Waals surface area contributed by atoms with Gasteiger partial charge in [0.25, 0.3) is 5.91 Å². The smallest absolute Gasteiger partial charge is 0.359 e. The van der Waals surface area contributed by atoms with Crippen molar-refractivity contribution in [2.24, 2.45) is 0 Å². The lowest BCUT2D eigenvalue weighted by molar-refractivity contribution is -0.123. The average molecular weight is 434 g/mol. The van der Waals surface area contributed by atoms with Crippen molar-refractivity contribution in [2.75, 3.05) is 19.5 Å². The lowest BCUT2D eigenvalue weighted by Gasteiger charge is -2.15. The number of pyridine rings is 1.